The zero-order chi connectivity index (χ0) is 20.8. The zero-order valence-corrected chi connectivity index (χ0v) is 17.7. The molecule has 0 bridgehead atoms. The van der Waals surface area contributed by atoms with Crippen LogP contribution in [0.3, 0.4) is 0 Å². The molecule has 0 aliphatic heterocycles. The number of hydrogen-bond acceptors (Lipinski definition) is 4. The second kappa shape index (κ2) is 9.30. The Balaban J connectivity index is 1.74. The van der Waals surface area contributed by atoms with E-state index < -0.39 is 5.91 Å². The van der Waals surface area contributed by atoms with Crippen molar-refractivity contribution in [3.63, 3.8) is 0 Å². The molecule has 0 atom stereocenters. The first-order chi connectivity index (χ1) is 14.1. The van der Waals surface area contributed by atoms with Gasteiger partial charge in [0.05, 0.1) is 14.2 Å². The van der Waals surface area contributed by atoms with Crippen molar-refractivity contribution in [2.75, 3.05) is 20.8 Å². The molecule has 0 saturated carbocycles. The van der Waals surface area contributed by atoms with Crippen LogP contribution in [0.5, 0.6) is 11.5 Å². The van der Waals surface area contributed by atoms with Crippen molar-refractivity contribution in [3.05, 3.63) is 63.8 Å². The molecule has 0 unspecified atom stereocenters. The maximum absolute atomic E-state index is 12.5. The Kier molecular flexibility index (Phi) is 6.57. The molecule has 148 valence electrons. The van der Waals surface area contributed by atoms with Gasteiger partial charge in [-0.3, -0.25) is 4.79 Å². The van der Waals surface area contributed by atoms with Gasteiger partial charge in [0, 0.05) is 33.7 Å². The topological polar surface area (TPSA) is 87.1 Å². The molecule has 3 rings (SSSR count). The van der Waals surface area contributed by atoms with Gasteiger partial charge in [-0.25, -0.2) is 0 Å². The first-order valence-corrected chi connectivity index (χ1v) is 9.73. The molecule has 29 heavy (non-hydrogen) atoms. The van der Waals surface area contributed by atoms with Gasteiger partial charge in [0.2, 0.25) is 0 Å². The maximum atomic E-state index is 12.5. The number of H-pyrrole nitrogens is 1. The lowest BCUT2D eigenvalue weighted by Crippen LogP contribution is -2.26. The van der Waals surface area contributed by atoms with Crippen molar-refractivity contribution in [2.45, 2.75) is 6.42 Å². The van der Waals surface area contributed by atoms with E-state index in [1.54, 1.807) is 12.1 Å². The minimum atomic E-state index is -0.437. The molecule has 3 aromatic rings. The summed E-state index contributed by atoms with van der Waals surface area (Å²) in [7, 11) is 3.04. The average Bonchev–Trinajstić information content (AvgIpc) is 3.14. The van der Waals surface area contributed by atoms with Gasteiger partial charge in [-0.2, -0.15) is 5.26 Å². The number of rotatable bonds is 7. The van der Waals surface area contributed by atoms with Gasteiger partial charge in [-0.1, -0.05) is 34.1 Å². The van der Waals surface area contributed by atoms with Crippen molar-refractivity contribution in [2.24, 2.45) is 0 Å². The van der Waals surface area contributed by atoms with Crippen LogP contribution < -0.4 is 14.8 Å². The number of para-hydroxylation sites is 1. The van der Waals surface area contributed by atoms with Crippen LogP contribution in [0.1, 0.15) is 11.1 Å². The van der Waals surface area contributed by atoms with Crippen LogP contribution in [0.25, 0.3) is 17.0 Å². The van der Waals surface area contributed by atoms with E-state index in [0.717, 1.165) is 20.9 Å². The zero-order valence-electron chi connectivity index (χ0n) is 16.1. The number of nitrogens with zero attached hydrogens (tertiary/aromatic N) is 1. The second-order valence-electron chi connectivity index (χ2n) is 6.27. The van der Waals surface area contributed by atoms with E-state index in [1.807, 2.05) is 36.5 Å². The molecule has 2 N–H and O–H groups in total. The molecule has 1 amide bonds. The number of methoxy groups -OCH3 is 2. The number of aromatic amines is 1. The number of carbonyl (C=O) groups is 1. The highest BCUT2D eigenvalue weighted by Crippen LogP contribution is 2.35. The molecule has 0 saturated heterocycles. The van der Waals surface area contributed by atoms with Crippen molar-refractivity contribution in [1.29, 1.82) is 5.26 Å². The number of nitrogens with one attached hydrogen (secondary N) is 2. The van der Waals surface area contributed by atoms with Gasteiger partial charge in [0.15, 0.2) is 11.5 Å². The summed E-state index contributed by atoms with van der Waals surface area (Å²) < 4.78 is 11.4. The van der Waals surface area contributed by atoms with Crippen LogP contribution >= 0.6 is 15.9 Å². The predicted molar refractivity (Wildman–Crippen MR) is 116 cm³/mol. The molecule has 0 aliphatic carbocycles. The van der Waals surface area contributed by atoms with Crippen LogP contribution in [0, 0.1) is 11.3 Å². The van der Waals surface area contributed by atoms with Crippen molar-refractivity contribution in [3.8, 4) is 17.6 Å². The fourth-order valence-corrected chi connectivity index (χ4v) is 3.57. The number of ether oxygens (including phenoxy) is 2. The van der Waals surface area contributed by atoms with Crippen molar-refractivity contribution in [1.82, 2.24) is 10.3 Å². The van der Waals surface area contributed by atoms with E-state index >= 15 is 0 Å². The smallest absolute Gasteiger partial charge is 0.261 e. The highest BCUT2D eigenvalue weighted by atomic mass is 79.9. The highest BCUT2D eigenvalue weighted by molar-refractivity contribution is 9.10. The summed E-state index contributed by atoms with van der Waals surface area (Å²) in [6.45, 7) is 0.415. The first kappa shape index (κ1) is 20.5. The molecule has 0 aliphatic rings. The second-order valence-corrected chi connectivity index (χ2v) is 7.18. The Labute approximate surface area is 177 Å². The van der Waals surface area contributed by atoms with Gasteiger partial charge in [-0.05, 0) is 36.3 Å². The Morgan fingerprint density at radius 1 is 1.28 bits per heavy atom. The lowest BCUT2D eigenvalue weighted by Gasteiger charge is -2.11. The van der Waals surface area contributed by atoms with E-state index in [4.69, 9.17) is 9.47 Å². The molecule has 7 heteroatoms. The Morgan fingerprint density at radius 3 is 2.79 bits per heavy atom. The van der Waals surface area contributed by atoms with Gasteiger partial charge >= 0.3 is 0 Å². The van der Waals surface area contributed by atoms with Crippen LogP contribution in [0.15, 0.2) is 52.6 Å². The number of aromatic nitrogens is 1. The molecule has 1 heterocycles. The number of nitriles is 1. The molecule has 0 spiro atoms. The molecular weight excluding hydrogens is 434 g/mol. The summed E-state index contributed by atoms with van der Waals surface area (Å²) in [5.74, 6) is 0.522. The van der Waals surface area contributed by atoms with Crippen LogP contribution in [-0.2, 0) is 11.2 Å². The summed E-state index contributed by atoms with van der Waals surface area (Å²) in [5.41, 5.74) is 2.73. The Morgan fingerprint density at radius 2 is 2.07 bits per heavy atom. The number of carbonyl (C=O) groups excluding carboxylic acids is 1. The molecular formula is C22H20BrN3O3. The fourth-order valence-electron chi connectivity index (χ4n) is 3.11. The van der Waals surface area contributed by atoms with Crippen molar-refractivity contribution >= 4 is 38.8 Å². The van der Waals surface area contributed by atoms with E-state index in [-0.39, 0.29) is 5.57 Å². The Bertz CT molecular complexity index is 1110. The number of hydrogen-bond donors (Lipinski definition) is 2. The number of halogens is 1. The largest absolute Gasteiger partial charge is 0.493 e. The molecule has 2 aromatic carbocycles. The van der Waals surface area contributed by atoms with Gasteiger partial charge < -0.3 is 19.8 Å². The lowest BCUT2D eigenvalue weighted by atomic mass is 10.1. The highest BCUT2D eigenvalue weighted by Gasteiger charge is 2.14. The molecule has 0 radical (unpaired) electrons. The summed E-state index contributed by atoms with van der Waals surface area (Å²) in [5, 5.41) is 13.4. The fraction of sp³-hybridized carbons (Fsp3) is 0.182. The SMILES string of the molecule is COc1cc(Br)cc(/C=C(/C#N)C(=O)NCCc2c[nH]c3ccccc23)c1OC. The third-order valence-electron chi connectivity index (χ3n) is 4.49. The first-order valence-electron chi connectivity index (χ1n) is 8.94. The summed E-state index contributed by atoms with van der Waals surface area (Å²) in [6, 6.07) is 13.5. The molecule has 6 nitrogen and oxygen atoms in total. The summed E-state index contributed by atoms with van der Waals surface area (Å²) >= 11 is 3.40. The molecule has 0 fully saturated rings. The van der Waals surface area contributed by atoms with Gasteiger partial charge in [0.25, 0.3) is 5.91 Å². The van der Waals surface area contributed by atoms with Crippen molar-refractivity contribution < 1.29 is 14.3 Å². The standard InChI is InChI=1S/C22H20BrN3O3/c1-28-20-11-17(23)10-15(21(20)29-2)9-16(12-24)22(27)25-8-7-14-13-26-19-6-4-3-5-18(14)19/h3-6,9-11,13,26H,7-8H2,1-2H3,(H,25,27)/b16-9-. The normalized spacial score (nSPS) is 11.2. The number of amides is 1. The Hall–Kier alpha value is -3.24. The predicted octanol–water partition coefficient (Wildman–Crippen LogP) is 4.21. The average molecular weight is 454 g/mol. The molecule has 1 aromatic heterocycles. The number of fused-ring (bicyclic) bond motifs is 1. The van der Waals surface area contributed by atoms with E-state index in [9.17, 15) is 10.1 Å². The quantitative estimate of drug-likeness (QED) is 0.414. The lowest BCUT2D eigenvalue weighted by molar-refractivity contribution is -0.117. The van der Waals surface area contributed by atoms with Crippen LogP contribution in [0.2, 0.25) is 0 Å². The third-order valence-corrected chi connectivity index (χ3v) is 4.95. The van der Waals surface area contributed by atoms with Crippen LogP contribution in [-0.4, -0.2) is 31.7 Å². The van der Waals surface area contributed by atoms with Gasteiger partial charge in [-0.15, -0.1) is 0 Å². The minimum absolute atomic E-state index is 0.0117. The summed E-state index contributed by atoms with van der Waals surface area (Å²) in [6.07, 6.45) is 4.09. The van der Waals surface area contributed by atoms with E-state index in [2.05, 4.69) is 26.2 Å². The summed E-state index contributed by atoms with van der Waals surface area (Å²) in [4.78, 5) is 15.7. The van der Waals surface area contributed by atoms with E-state index in [1.165, 1.54) is 20.3 Å². The van der Waals surface area contributed by atoms with Crippen LogP contribution in [0.4, 0.5) is 0 Å². The van der Waals surface area contributed by atoms with E-state index in [0.29, 0.717) is 30.0 Å². The monoisotopic (exact) mass is 453 g/mol. The minimum Gasteiger partial charge on any atom is -0.493 e. The third kappa shape index (κ3) is 4.61. The van der Waals surface area contributed by atoms with Gasteiger partial charge in [0.1, 0.15) is 11.6 Å². The maximum Gasteiger partial charge on any atom is 0.261 e. The number of benzene rings is 2.